The van der Waals surface area contributed by atoms with Crippen LogP contribution in [0.1, 0.15) is 35.1 Å². The van der Waals surface area contributed by atoms with Gasteiger partial charge in [0.1, 0.15) is 4.88 Å². The van der Waals surface area contributed by atoms with Crippen LogP contribution in [0, 0.1) is 12.8 Å². The van der Waals surface area contributed by atoms with E-state index in [-0.39, 0.29) is 5.91 Å². The molecule has 1 aromatic heterocycles. The van der Waals surface area contributed by atoms with Crippen molar-refractivity contribution in [2.75, 3.05) is 7.05 Å². The average molecular weight is 224 g/mol. The van der Waals surface area contributed by atoms with E-state index in [1.165, 1.54) is 24.2 Å². The second kappa shape index (κ2) is 3.93. The summed E-state index contributed by atoms with van der Waals surface area (Å²) in [5.74, 6) is 0.835. The lowest BCUT2D eigenvalue weighted by atomic mass is 10.2. The van der Waals surface area contributed by atoms with Gasteiger partial charge in [-0.15, -0.1) is 11.3 Å². The second-order valence-electron chi connectivity index (χ2n) is 4.26. The van der Waals surface area contributed by atoms with E-state index in [1.54, 1.807) is 5.51 Å². The van der Waals surface area contributed by atoms with Crippen LogP contribution in [0.5, 0.6) is 0 Å². The third kappa shape index (κ3) is 2.04. The number of rotatable bonds is 3. The molecule has 3 nitrogen and oxygen atoms in total. The third-order valence-corrected chi connectivity index (χ3v) is 4.09. The van der Waals surface area contributed by atoms with Gasteiger partial charge in [0.05, 0.1) is 11.2 Å². The molecule has 1 aliphatic carbocycles. The van der Waals surface area contributed by atoms with Crippen LogP contribution in [-0.2, 0) is 0 Å². The van der Waals surface area contributed by atoms with Crippen molar-refractivity contribution in [2.45, 2.75) is 32.7 Å². The lowest BCUT2D eigenvalue weighted by Gasteiger charge is -2.24. The minimum Gasteiger partial charge on any atom is -0.338 e. The second-order valence-corrected chi connectivity index (χ2v) is 5.12. The van der Waals surface area contributed by atoms with Crippen LogP contribution >= 0.6 is 11.3 Å². The lowest BCUT2D eigenvalue weighted by molar-refractivity contribution is 0.0731. The van der Waals surface area contributed by atoms with Gasteiger partial charge in [0.2, 0.25) is 0 Å². The number of thiazole rings is 1. The van der Waals surface area contributed by atoms with Gasteiger partial charge in [-0.2, -0.15) is 0 Å². The van der Waals surface area contributed by atoms with Gasteiger partial charge in [-0.25, -0.2) is 4.98 Å². The molecule has 2 rings (SSSR count). The van der Waals surface area contributed by atoms with Crippen LogP contribution in [-0.4, -0.2) is 28.9 Å². The molecular formula is C11H16N2OS. The summed E-state index contributed by atoms with van der Waals surface area (Å²) >= 11 is 1.43. The highest BCUT2D eigenvalue weighted by molar-refractivity contribution is 7.11. The Bertz CT molecular complexity index is 370. The van der Waals surface area contributed by atoms with Crippen LogP contribution in [0.25, 0.3) is 0 Å². The molecule has 0 bridgehead atoms. The first kappa shape index (κ1) is 10.6. The van der Waals surface area contributed by atoms with E-state index in [0.717, 1.165) is 10.6 Å². The van der Waals surface area contributed by atoms with Crippen LogP contribution in [0.3, 0.4) is 0 Å². The van der Waals surface area contributed by atoms with Crippen molar-refractivity contribution in [3.63, 3.8) is 0 Å². The number of hydrogen-bond donors (Lipinski definition) is 0. The highest BCUT2D eigenvalue weighted by Crippen LogP contribution is 2.35. The molecule has 4 heteroatoms. The summed E-state index contributed by atoms with van der Waals surface area (Å²) in [5, 5.41) is 0. The van der Waals surface area contributed by atoms with Crippen molar-refractivity contribution in [2.24, 2.45) is 5.92 Å². The Morgan fingerprint density at radius 1 is 1.67 bits per heavy atom. The van der Waals surface area contributed by atoms with E-state index in [0.29, 0.717) is 12.0 Å². The molecule has 82 valence electrons. The number of nitrogens with zero attached hydrogens (tertiary/aromatic N) is 2. The molecule has 0 radical (unpaired) electrons. The van der Waals surface area contributed by atoms with Gasteiger partial charge < -0.3 is 4.90 Å². The van der Waals surface area contributed by atoms with Crippen molar-refractivity contribution in [3.05, 3.63) is 16.1 Å². The number of aromatic nitrogens is 1. The molecule has 1 amide bonds. The van der Waals surface area contributed by atoms with Crippen LogP contribution in [0.4, 0.5) is 0 Å². The minimum atomic E-state index is 0.120. The average Bonchev–Trinajstić information content (AvgIpc) is 2.98. The highest BCUT2D eigenvalue weighted by atomic mass is 32.1. The van der Waals surface area contributed by atoms with E-state index in [4.69, 9.17) is 0 Å². The van der Waals surface area contributed by atoms with Crippen molar-refractivity contribution < 1.29 is 4.79 Å². The summed E-state index contributed by atoms with van der Waals surface area (Å²) in [6.07, 6.45) is 2.53. The fourth-order valence-electron chi connectivity index (χ4n) is 1.75. The maximum absolute atomic E-state index is 12.1. The van der Waals surface area contributed by atoms with Gasteiger partial charge in [0, 0.05) is 13.1 Å². The largest absolute Gasteiger partial charge is 0.338 e. The maximum atomic E-state index is 12.1. The fourth-order valence-corrected chi connectivity index (χ4v) is 2.53. The zero-order chi connectivity index (χ0) is 11.0. The summed E-state index contributed by atoms with van der Waals surface area (Å²) in [6.45, 7) is 4.02. The zero-order valence-corrected chi connectivity index (χ0v) is 10.2. The molecule has 1 aliphatic rings. The Kier molecular flexibility index (Phi) is 2.78. The Morgan fingerprint density at radius 3 is 2.80 bits per heavy atom. The fraction of sp³-hybridized carbons (Fsp3) is 0.636. The number of carbonyl (C=O) groups excluding carboxylic acids is 1. The smallest absolute Gasteiger partial charge is 0.265 e. The van der Waals surface area contributed by atoms with Crippen LogP contribution in [0.2, 0.25) is 0 Å². The molecular weight excluding hydrogens is 208 g/mol. The van der Waals surface area contributed by atoms with Gasteiger partial charge in [-0.3, -0.25) is 4.79 Å². The Labute approximate surface area is 94.1 Å². The molecule has 0 spiro atoms. The molecule has 1 heterocycles. The van der Waals surface area contributed by atoms with E-state index in [2.05, 4.69) is 11.9 Å². The Hall–Kier alpha value is -0.900. The molecule has 0 unspecified atom stereocenters. The Balaban J connectivity index is 2.10. The molecule has 0 aliphatic heterocycles. The molecule has 15 heavy (non-hydrogen) atoms. The predicted octanol–water partition coefficient (Wildman–Crippen LogP) is 2.32. The summed E-state index contributed by atoms with van der Waals surface area (Å²) in [6, 6.07) is 0.360. The summed E-state index contributed by atoms with van der Waals surface area (Å²) in [7, 11) is 1.89. The third-order valence-electron chi connectivity index (χ3n) is 3.18. The number of amides is 1. The maximum Gasteiger partial charge on any atom is 0.265 e. The minimum absolute atomic E-state index is 0.120. The Morgan fingerprint density at radius 2 is 2.33 bits per heavy atom. The van der Waals surface area contributed by atoms with Crippen molar-refractivity contribution in [3.8, 4) is 0 Å². The highest BCUT2D eigenvalue weighted by Gasteiger charge is 2.33. The number of carbonyl (C=O) groups is 1. The molecule has 1 saturated carbocycles. The molecule has 0 N–H and O–H groups in total. The molecule has 0 saturated heterocycles. The lowest BCUT2D eigenvalue weighted by Crippen LogP contribution is -2.36. The molecule has 1 atom stereocenters. The zero-order valence-electron chi connectivity index (χ0n) is 9.36. The normalized spacial score (nSPS) is 17.5. The number of hydrogen-bond acceptors (Lipinski definition) is 3. The molecule has 1 fully saturated rings. The number of aryl methyl sites for hydroxylation is 1. The molecule has 1 aromatic rings. The van der Waals surface area contributed by atoms with Crippen LogP contribution in [0.15, 0.2) is 5.51 Å². The van der Waals surface area contributed by atoms with Gasteiger partial charge >= 0.3 is 0 Å². The molecule has 0 aromatic carbocycles. The summed E-state index contributed by atoms with van der Waals surface area (Å²) < 4.78 is 0. The quantitative estimate of drug-likeness (QED) is 0.789. The van der Waals surface area contributed by atoms with Crippen molar-refractivity contribution >= 4 is 17.2 Å². The van der Waals surface area contributed by atoms with Crippen LogP contribution < -0.4 is 0 Å². The summed E-state index contributed by atoms with van der Waals surface area (Å²) in [5.41, 5.74) is 2.58. The monoisotopic (exact) mass is 224 g/mol. The standard InChI is InChI=1S/C11H16N2OS/c1-7-10(15-6-12-7)11(14)13(3)8(2)9-4-5-9/h6,8-9H,4-5H2,1-3H3/t8-/m1/s1. The predicted molar refractivity (Wildman–Crippen MR) is 61.1 cm³/mol. The van der Waals surface area contributed by atoms with Gasteiger partial charge in [-0.1, -0.05) is 0 Å². The van der Waals surface area contributed by atoms with Crippen molar-refractivity contribution in [1.82, 2.24) is 9.88 Å². The van der Waals surface area contributed by atoms with E-state index >= 15 is 0 Å². The van der Waals surface area contributed by atoms with Crippen molar-refractivity contribution in [1.29, 1.82) is 0 Å². The van der Waals surface area contributed by atoms with E-state index < -0.39 is 0 Å². The first-order chi connectivity index (χ1) is 7.11. The first-order valence-electron chi connectivity index (χ1n) is 5.28. The topological polar surface area (TPSA) is 33.2 Å². The van der Waals surface area contributed by atoms with E-state index in [1.807, 2.05) is 18.9 Å². The SMILES string of the molecule is Cc1ncsc1C(=O)N(C)[C@H](C)C1CC1. The summed E-state index contributed by atoms with van der Waals surface area (Å²) in [4.78, 5) is 18.8. The van der Waals surface area contributed by atoms with Gasteiger partial charge in [0.25, 0.3) is 5.91 Å². The van der Waals surface area contributed by atoms with Gasteiger partial charge in [0.15, 0.2) is 0 Å². The van der Waals surface area contributed by atoms with Gasteiger partial charge in [-0.05, 0) is 32.6 Å². The first-order valence-corrected chi connectivity index (χ1v) is 6.16. The van der Waals surface area contributed by atoms with E-state index in [9.17, 15) is 4.79 Å².